The summed E-state index contributed by atoms with van der Waals surface area (Å²) in [4.78, 5) is 22.4. The summed E-state index contributed by atoms with van der Waals surface area (Å²) >= 11 is 0. The Morgan fingerprint density at radius 2 is 1.19 bits per heavy atom. The fraction of sp³-hybridized carbons (Fsp3) is 0.0345. The largest absolute Gasteiger partial charge is 0.298 e. The van der Waals surface area contributed by atoms with Crippen molar-refractivity contribution in [3.63, 3.8) is 0 Å². The highest BCUT2D eigenvalue weighted by Gasteiger charge is 2.17. The van der Waals surface area contributed by atoms with E-state index in [1.807, 2.05) is 36.4 Å². The van der Waals surface area contributed by atoms with Crippen molar-refractivity contribution in [2.45, 2.75) is 6.42 Å². The van der Waals surface area contributed by atoms with E-state index in [2.05, 4.69) is 60.7 Å². The zero-order valence-electron chi connectivity index (χ0n) is 16.9. The highest BCUT2D eigenvalue weighted by molar-refractivity contribution is 6.19. The van der Waals surface area contributed by atoms with Gasteiger partial charge in [0.2, 0.25) is 0 Å². The Bertz CT molecular complexity index is 1360. The minimum absolute atomic E-state index is 0.639. The predicted octanol–water partition coefficient (Wildman–Crippen LogP) is 6.94. The van der Waals surface area contributed by atoms with Crippen LogP contribution >= 0.6 is 0 Å². The molecule has 0 saturated carbocycles. The Balaban J connectivity index is 1.89. The van der Waals surface area contributed by atoms with E-state index in [4.69, 9.17) is 0 Å². The molecule has 0 N–H and O–H groups in total. The molecule has 0 heterocycles. The molecule has 0 amide bonds. The van der Waals surface area contributed by atoms with Crippen molar-refractivity contribution in [1.82, 2.24) is 0 Å². The number of aldehydes is 2. The molecule has 2 nitrogen and oxygen atoms in total. The molecule has 0 fully saturated rings. The Labute approximate surface area is 180 Å². The van der Waals surface area contributed by atoms with Gasteiger partial charge >= 0.3 is 0 Å². The van der Waals surface area contributed by atoms with Gasteiger partial charge in [-0.05, 0) is 55.8 Å². The molecule has 1 aliphatic rings. The van der Waals surface area contributed by atoms with Crippen molar-refractivity contribution in [3.8, 4) is 11.1 Å². The smallest absolute Gasteiger partial charge is 0.150 e. The molecule has 2 heteroatoms. The average molecular weight is 400 g/mol. The van der Waals surface area contributed by atoms with Gasteiger partial charge in [0.15, 0.2) is 0 Å². The zero-order valence-corrected chi connectivity index (χ0v) is 16.9. The zero-order chi connectivity index (χ0) is 21.2. The van der Waals surface area contributed by atoms with E-state index in [1.165, 1.54) is 5.56 Å². The van der Waals surface area contributed by atoms with E-state index < -0.39 is 0 Å². The van der Waals surface area contributed by atoms with Crippen LogP contribution in [0.15, 0.2) is 103 Å². The molecule has 1 aliphatic carbocycles. The number of hydrogen-bond donors (Lipinski definition) is 0. The van der Waals surface area contributed by atoms with Crippen LogP contribution in [0.2, 0.25) is 0 Å². The molecule has 0 spiro atoms. The van der Waals surface area contributed by atoms with Gasteiger partial charge in [-0.15, -0.1) is 0 Å². The van der Waals surface area contributed by atoms with E-state index in [0.29, 0.717) is 12.0 Å². The molecule has 4 aromatic carbocycles. The molecular formula is C29H20O2. The predicted molar refractivity (Wildman–Crippen MR) is 128 cm³/mol. The van der Waals surface area contributed by atoms with Crippen molar-refractivity contribution in [2.24, 2.45) is 0 Å². The van der Waals surface area contributed by atoms with Crippen LogP contribution in [0.4, 0.5) is 0 Å². The molecule has 0 radical (unpaired) electrons. The maximum absolute atomic E-state index is 11.3. The number of fused-ring (bicyclic) bond motifs is 2. The summed E-state index contributed by atoms with van der Waals surface area (Å²) in [5, 5.41) is 4.64. The van der Waals surface area contributed by atoms with Crippen LogP contribution in [-0.2, 0) is 4.79 Å². The molecule has 4 aromatic rings. The lowest BCUT2D eigenvalue weighted by molar-refractivity contribution is -0.105. The van der Waals surface area contributed by atoms with Crippen LogP contribution in [0.3, 0.4) is 0 Å². The second-order valence-electron chi connectivity index (χ2n) is 7.67. The monoisotopic (exact) mass is 400 g/mol. The Kier molecular flexibility index (Phi) is 4.89. The topological polar surface area (TPSA) is 34.1 Å². The van der Waals surface area contributed by atoms with Gasteiger partial charge in [0.25, 0.3) is 0 Å². The Morgan fingerprint density at radius 3 is 1.74 bits per heavy atom. The third-order valence-electron chi connectivity index (χ3n) is 5.83. The molecule has 0 bridgehead atoms. The lowest BCUT2D eigenvalue weighted by Gasteiger charge is -2.18. The summed E-state index contributed by atoms with van der Waals surface area (Å²) in [6.45, 7) is 0. The van der Waals surface area contributed by atoms with Crippen LogP contribution in [0.5, 0.6) is 0 Å². The van der Waals surface area contributed by atoms with Crippen molar-refractivity contribution in [3.05, 3.63) is 114 Å². The van der Waals surface area contributed by atoms with Crippen LogP contribution in [0.25, 0.3) is 38.2 Å². The molecule has 0 unspecified atom stereocenters. The van der Waals surface area contributed by atoms with Gasteiger partial charge in [-0.3, -0.25) is 9.59 Å². The Morgan fingerprint density at radius 1 is 0.613 bits per heavy atom. The first kappa shape index (κ1) is 19.0. The van der Waals surface area contributed by atoms with Gasteiger partial charge in [-0.2, -0.15) is 0 Å². The fourth-order valence-electron chi connectivity index (χ4n) is 4.38. The van der Waals surface area contributed by atoms with Crippen LogP contribution in [-0.4, -0.2) is 12.6 Å². The first-order chi connectivity index (χ1) is 15.3. The third-order valence-corrected chi connectivity index (χ3v) is 5.83. The second kappa shape index (κ2) is 8.00. The summed E-state index contributed by atoms with van der Waals surface area (Å²) in [5.41, 5.74) is 5.94. The van der Waals surface area contributed by atoms with Crippen LogP contribution in [0, 0.1) is 0 Å². The maximum Gasteiger partial charge on any atom is 0.150 e. The van der Waals surface area contributed by atoms with Gasteiger partial charge in [0.1, 0.15) is 12.6 Å². The van der Waals surface area contributed by atoms with Gasteiger partial charge in [-0.1, -0.05) is 97.1 Å². The summed E-state index contributed by atoms with van der Waals surface area (Å²) in [5.74, 6) is 0. The quantitative estimate of drug-likeness (QED) is 0.275. The lowest BCUT2D eigenvalue weighted by atomic mass is 9.85. The maximum atomic E-state index is 11.3. The highest BCUT2D eigenvalue weighted by atomic mass is 16.1. The number of allylic oxidation sites excluding steroid dienone is 6. The van der Waals surface area contributed by atoms with E-state index >= 15 is 0 Å². The van der Waals surface area contributed by atoms with Gasteiger partial charge in [-0.25, -0.2) is 0 Å². The van der Waals surface area contributed by atoms with E-state index in [0.717, 1.165) is 56.4 Å². The summed E-state index contributed by atoms with van der Waals surface area (Å²) in [6, 6.07) is 24.6. The van der Waals surface area contributed by atoms with Gasteiger partial charge < -0.3 is 0 Å². The molecule has 0 saturated heterocycles. The van der Waals surface area contributed by atoms with Gasteiger partial charge in [0, 0.05) is 5.56 Å². The third kappa shape index (κ3) is 3.32. The molecule has 0 aromatic heterocycles. The van der Waals surface area contributed by atoms with E-state index in [9.17, 15) is 9.59 Å². The molecule has 0 atom stereocenters. The number of benzene rings is 4. The SMILES string of the molecule is O=CC1=CC=C(c2c3ccccc3c(-c3ccc(C=O)cc3)c3ccccc23)C=CC1. The highest BCUT2D eigenvalue weighted by Crippen LogP contribution is 2.42. The van der Waals surface area contributed by atoms with Crippen molar-refractivity contribution in [1.29, 1.82) is 0 Å². The molecular weight excluding hydrogens is 380 g/mol. The lowest BCUT2D eigenvalue weighted by Crippen LogP contribution is -1.93. The molecule has 31 heavy (non-hydrogen) atoms. The number of carbonyl (C=O) groups is 2. The van der Waals surface area contributed by atoms with Crippen molar-refractivity contribution in [2.75, 3.05) is 0 Å². The van der Waals surface area contributed by atoms with Crippen molar-refractivity contribution < 1.29 is 9.59 Å². The molecule has 0 aliphatic heterocycles. The first-order valence-electron chi connectivity index (χ1n) is 10.3. The van der Waals surface area contributed by atoms with E-state index in [1.54, 1.807) is 0 Å². The van der Waals surface area contributed by atoms with E-state index in [-0.39, 0.29) is 0 Å². The Hall–Kier alpha value is -4.04. The second-order valence-corrected chi connectivity index (χ2v) is 7.67. The fourth-order valence-corrected chi connectivity index (χ4v) is 4.38. The number of rotatable bonds is 4. The minimum atomic E-state index is 0.639. The normalized spacial score (nSPS) is 13.5. The van der Waals surface area contributed by atoms with Crippen LogP contribution < -0.4 is 0 Å². The standard InChI is InChI=1S/C29H20O2/c30-18-20-6-5-7-22(15-12-20)28-24-8-1-3-10-26(24)29(27-11-4-2-9-25(27)28)23-16-13-21(19-31)14-17-23/h1-5,7-19H,6H2. The van der Waals surface area contributed by atoms with Crippen LogP contribution in [0.1, 0.15) is 22.3 Å². The van der Waals surface area contributed by atoms with Crippen molar-refractivity contribution >= 4 is 39.7 Å². The summed E-state index contributed by atoms with van der Waals surface area (Å²) in [7, 11) is 0. The average Bonchev–Trinajstić information content (AvgIpc) is 3.08. The first-order valence-corrected chi connectivity index (χ1v) is 10.3. The summed E-state index contributed by atoms with van der Waals surface area (Å²) < 4.78 is 0. The summed E-state index contributed by atoms with van der Waals surface area (Å²) in [6.07, 6.45) is 10.5. The molecule has 5 rings (SSSR count). The minimum Gasteiger partial charge on any atom is -0.298 e. The van der Waals surface area contributed by atoms with Gasteiger partial charge in [0.05, 0.1) is 0 Å². The molecule has 148 valence electrons. The number of hydrogen-bond acceptors (Lipinski definition) is 2. The number of carbonyl (C=O) groups excluding carboxylic acids is 2.